The summed E-state index contributed by atoms with van der Waals surface area (Å²) in [6.07, 6.45) is -1.06. The Bertz CT molecular complexity index is 821. The number of carbonyl (C=O) groups is 2. The summed E-state index contributed by atoms with van der Waals surface area (Å²) in [7, 11) is 3.33. The normalized spacial score (nSPS) is 11.3. The van der Waals surface area contributed by atoms with Gasteiger partial charge in [-0.3, -0.25) is 14.9 Å². The SMILES string of the molecule is C[C@@H](OC(=O)c1ccc(N(C)C)c([N+](=O)[O-])c1)C(=O)Nc1ccccc1. The highest BCUT2D eigenvalue weighted by Crippen LogP contribution is 2.28. The maximum absolute atomic E-state index is 12.2. The molecule has 8 nitrogen and oxygen atoms in total. The molecule has 2 aromatic carbocycles. The largest absolute Gasteiger partial charge is 0.449 e. The molecular weight excluding hydrogens is 338 g/mol. The van der Waals surface area contributed by atoms with E-state index in [4.69, 9.17) is 4.74 Å². The Morgan fingerprint density at radius 3 is 2.38 bits per heavy atom. The second-order valence-electron chi connectivity index (χ2n) is 5.76. The fourth-order valence-corrected chi connectivity index (χ4v) is 2.22. The van der Waals surface area contributed by atoms with Crippen molar-refractivity contribution in [3.63, 3.8) is 0 Å². The van der Waals surface area contributed by atoms with Gasteiger partial charge in [0.15, 0.2) is 6.10 Å². The predicted molar refractivity (Wildman–Crippen MR) is 97.4 cm³/mol. The van der Waals surface area contributed by atoms with E-state index in [9.17, 15) is 19.7 Å². The summed E-state index contributed by atoms with van der Waals surface area (Å²) in [6.45, 7) is 1.43. The van der Waals surface area contributed by atoms with E-state index < -0.39 is 22.9 Å². The van der Waals surface area contributed by atoms with Gasteiger partial charge in [-0.25, -0.2) is 4.79 Å². The van der Waals surface area contributed by atoms with Gasteiger partial charge in [0.25, 0.3) is 11.6 Å². The Hall–Kier alpha value is -3.42. The number of nitro groups is 1. The fraction of sp³-hybridized carbons (Fsp3) is 0.222. The number of anilines is 2. The molecule has 1 atom stereocenters. The molecule has 26 heavy (non-hydrogen) atoms. The maximum Gasteiger partial charge on any atom is 0.339 e. The number of hydrogen-bond donors (Lipinski definition) is 1. The highest BCUT2D eigenvalue weighted by Gasteiger charge is 2.23. The smallest absolute Gasteiger partial charge is 0.339 e. The first-order chi connectivity index (χ1) is 12.3. The van der Waals surface area contributed by atoms with E-state index in [1.165, 1.54) is 19.1 Å². The lowest BCUT2D eigenvalue weighted by Crippen LogP contribution is -2.30. The quantitative estimate of drug-likeness (QED) is 0.484. The molecule has 0 bridgehead atoms. The van der Waals surface area contributed by atoms with Gasteiger partial charge >= 0.3 is 5.97 Å². The molecule has 0 spiro atoms. The van der Waals surface area contributed by atoms with Gasteiger partial charge in [-0.15, -0.1) is 0 Å². The van der Waals surface area contributed by atoms with Crippen molar-refractivity contribution in [1.82, 2.24) is 0 Å². The van der Waals surface area contributed by atoms with Crippen molar-refractivity contribution in [2.45, 2.75) is 13.0 Å². The molecule has 136 valence electrons. The van der Waals surface area contributed by atoms with Crippen LogP contribution in [0.25, 0.3) is 0 Å². The minimum absolute atomic E-state index is 0.00154. The number of hydrogen-bond acceptors (Lipinski definition) is 6. The van der Waals surface area contributed by atoms with Gasteiger partial charge in [0.2, 0.25) is 0 Å². The molecule has 2 rings (SSSR count). The highest BCUT2D eigenvalue weighted by molar-refractivity contribution is 5.97. The lowest BCUT2D eigenvalue weighted by Gasteiger charge is -2.15. The summed E-state index contributed by atoms with van der Waals surface area (Å²) in [5.74, 6) is -1.31. The van der Waals surface area contributed by atoms with Crippen LogP contribution in [0, 0.1) is 10.1 Å². The summed E-state index contributed by atoms with van der Waals surface area (Å²) < 4.78 is 5.12. The van der Waals surface area contributed by atoms with Crippen LogP contribution in [0.4, 0.5) is 17.1 Å². The van der Waals surface area contributed by atoms with Gasteiger partial charge in [0.1, 0.15) is 5.69 Å². The summed E-state index contributed by atoms with van der Waals surface area (Å²) in [4.78, 5) is 36.5. The third-order valence-electron chi connectivity index (χ3n) is 3.58. The number of benzene rings is 2. The first kappa shape index (κ1) is 18.9. The van der Waals surface area contributed by atoms with Crippen molar-refractivity contribution in [3.8, 4) is 0 Å². The molecule has 8 heteroatoms. The molecule has 1 N–H and O–H groups in total. The summed E-state index contributed by atoms with van der Waals surface area (Å²) in [5, 5.41) is 13.8. The van der Waals surface area contributed by atoms with Crippen molar-refractivity contribution in [2.24, 2.45) is 0 Å². The number of nitro benzene ring substituents is 1. The summed E-state index contributed by atoms with van der Waals surface area (Å²) in [6, 6.07) is 12.8. The Morgan fingerprint density at radius 2 is 1.81 bits per heavy atom. The van der Waals surface area contributed by atoms with Crippen LogP contribution in [0.15, 0.2) is 48.5 Å². The first-order valence-corrected chi connectivity index (χ1v) is 7.82. The number of carbonyl (C=O) groups excluding carboxylic acids is 2. The summed E-state index contributed by atoms with van der Waals surface area (Å²) in [5.41, 5.74) is 0.722. The van der Waals surface area contributed by atoms with Crippen molar-refractivity contribution in [1.29, 1.82) is 0 Å². The molecule has 1 amide bonds. The van der Waals surface area contributed by atoms with Crippen LogP contribution in [-0.2, 0) is 9.53 Å². The van der Waals surface area contributed by atoms with E-state index in [1.54, 1.807) is 43.3 Å². The van der Waals surface area contributed by atoms with Crippen LogP contribution in [-0.4, -0.2) is 37.0 Å². The molecule has 2 aromatic rings. The standard InChI is InChI=1S/C18H19N3O5/c1-12(17(22)19-14-7-5-4-6-8-14)26-18(23)13-9-10-15(20(2)3)16(11-13)21(24)25/h4-12H,1-3H3,(H,19,22)/t12-/m1/s1. The van der Waals surface area contributed by atoms with Gasteiger partial charge in [-0.2, -0.15) is 0 Å². The second-order valence-corrected chi connectivity index (χ2v) is 5.76. The Balaban J connectivity index is 2.10. The summed E-state index contributed by atoms with van der Waals surface area (Å²) >= 11 is 0. The number of nitrogens with one attached hydrogen (secondary N) is 1. The van der Waals surface area contributed by atoms with Gasteiger partial charge in [-0.1, -0.05) is 18.2 Å². The molecule has 0 fully saturated rings. The van der Waals surface area contributed by atoms with Crippen LogP contribution in [0.3, 0.4) is 0 Å². The number of nitrogens with zero attached hydrogens (tertiary/aromatic N) is 2. The number of ether oxygens (including phenoxy) is 1. The monoisotopic (exact) mass is 357 g/mol. The molecule has 0 aliphatic carbocycles. The van der Waals surface area contributed by atoms with Crippen molar-refractivity contribution in [3.05, 3.63) is 64.2 Å². The minimum atomic E-state index is -1.06. The van der Waals surface area contributed by atoms with Crippen LogP contribution < -0.4 is 10.2 Å². The molecule has 0 aliphatic heterocycles. The maximum atomic E-state index is 12.2. The molecule has 0 heterocycles. The Labute approximate surface area is 150 Å². The average Bonchev–Trinajstić information content (AvgIpc) is 2.61. The minimum Gasteiger partial charge on any atom is -0.449 e. The number of rotatable bonds is 6. The van der Waals surface area contributed by atoms with Crippen LogP contribution in [0.5, 0.6) is 0 Å². The van der Waals surface area contributed by atoms with E-state index in [2.05, 4.69) is 5.32 Å². The van der Waals surface area contributed by atoms with Crippen molar-refractivity contribution < 1.29 is 19.2 Å². The molecule has 0 saturated carbocycles. The van der Waals surface area contributed by atoms with E-state index in [0.717, 1.165) is 6.07 Å². The van der Waals surface area contributed by atoms with E-state index in [0.29, 0.717) is 11.4 Å². The van der Waals surface area contributed by atoms with Gasteiger partial charge < -0.3 is 15.0 Å². The van der Waals surface area contributed by atoms with Gasteiger partial charge in [-0.05, 0) is 31.2 Å². The Morgan fingerprint density at radius 1 is 1.15 bits per heavy atom. The lowest BCUT2D eigenvalue weighted by atomic mass is 10.1. The van der Waals surface area contributed by atoms with E-state index in [-0.39, 0.29) is 11.3 Å². The molecule has 0 unspecified atom stereocenters. The van der Waals surface area contributed by atoms with Crippen LogP contribution in [0.2, 0.25) is 0 Å². The van der Waals surface area contributed by atoms with Gasteiger partial charge in [0.05, 0.1) is 10.5 Å². The molecule has 0 radical (unpaired) electrons. The molecule has 0 saturated heterocycles. The van der Waals surface area contributed by atoms with E-state index in [1.807, 2.05) is 6.07 Å². The van der Waals surface area contributed by atoms with Crippen molar-refractivity contribution in [2.75, 3.05) is 24.3 Å². The third kappa shape index (κ3) is 4.56. The number of amides is 1. The fourth-order valence-electron chi connectivity index (χ4n) is 2.22. The van der Waals surface area contributed by atoms with Gasteiger partial charge in [0, 0.05) is 25.8 Å². The third-order valence-corrected chi connectivity index (χ3v) is 3.58. The zero-order valence-electron chi connectivity index (χ0n) is 14.6. The molecular formula is C18H19N3O5. The van der Waals surface area contributed by atoms with Crippen LogP contribution in [0.1, 0.15) is 17.3 Å². The van der Waals surface area contributed by atoms with E-state index >= 15 is 0 Å². The Kier molecular flexibility index (Phi) is 5.90. The number of para-hydroxylation sites is 1. The van der Waals surface area contributed by atoms with Crippen molar-refractivity contribution >= 4 is 28.9 Å². The lowest BCUT2D eigenvalue weighted by molar-refractivity contribution is -0.384. The zero-order valence-corrected chi connectivity index (χ0v) is 14.6. The zero-order chi connectivity index (χ0) is 19.3. The average molecular weight is 357 g/mol. The second kappa shape index (κ2) is 8.11. The first-order valence-electron chi connectivity index (χ1n) is 7.82. The highest BCUT2D eigenvalue weighted by atomic mass is 16.6. The van der Waals surface area contributed by atoms with Crippen LogP contribution >= 0.6 is 0 Å². The molecule has 0 aliphatic rings. The number of esters is 1. The topological polar surface area (TPSA) is 102 Å². The molecule has 0 aromatic heterocycles. The predicted octanol–water partition coefficient (Wildman–Crippen LogP) is 2.84.